The Balaban J connectivity index is 1.73. The lowest BCUT2D eigenvalue weighted by atomic mass is 10.2. The predicted octanol–water partition coefficient (Wildman–Crippen LogP) is 0.879. The standard InChI is InChI=1S/C13H19N3O4S/c1-9-15-10(8-21-9)2-3-14-13(19)16-4-5-20-11(7-16)6-12(17)18/h8,11H,2-7H2,1H3,(H,14,19)(H,17,18). The molecule has 1 atom stereocenters. The summed E-state index contributed by atoms with van der Waals surface area (Å²) in [4.78, 5) is 28.6. The highest BCUT2D eigenvalue weighted by molar-refractivity contribution is 7.09. The van der Waals surface area contributed by atoms with E-state index in [2.05, 4.69) is 10.3 Å². The molecule has 0 bridgehead atoms. The maximum Gasteiger partial charge on any atom is 0.317 e. The summed E-state index contributed by atoms with van der Waals surface area (Å²) in [5.74, 6) is -0.916. The Kier molecular flexibility index (Phi) is 5.51. The van der Waals surface area contributed by atoms with Gasteiger partial charge >= 0.3 is 12.0 Å². The molecule has 0 aromatic carbocycles. The van der Waals surface area contributed by atoms with E-state index < -0.39 is 12.1 Å². The molecule has 2 rings (SSSR count). The zero-order chi connectivity index (χ0) is 15.2. The summed E-state index contributed by atoms with van der Waals surface area (Å²) < 4.78 is 5.33. The number of carbonyl (C=O) groups excluding carboxylic acids is 1. The lowest BCUT2D eigenvalue weighted by Crippen LogP contribution is -2.50. The van der Waals surface area contributed by atoms with Crippen LogP contribution in [0.25, 0.3) is 0 Å². The zero-order valence-corrected chi connectivity index (χ0v) is 12.7. The maximum atomic E-state index is 12.0. The van der Waals surface area contributed by atoms with Gasteiger partial charge in [-0.15, -0.1) is 11.3 Å². The third-order valence-corrected chi connectivity index (χ3v) is 3.97. The normalized spacial score (nSPS) is 18.5. The monoisotopic (exact) mass is 313 g/mol. The lowest BCUT2D eigenvalue weighted by Gasteiger charge is -2.32. The van der Waals surface area contributed by atoms with Crippen LogP contribution in [0, 0.1) is 6.92 Å². The van der Waals surface area contributed by atoms with E-state index in [9.17, 15) is 9.59 Å². The van der Waals surface area contributed by atoms with Crippen molar-refractivity contribution in [1.82, 2.24) is 15.2 Å². The number of ether oxygens (including phenoxy) is 1. The molecule has 2 N–H and O–H groups in total. The Hall–Kier alpha value is -1.67. The van der Waals surface area contributed by atoms with E-state index in [1.165, 1.54) is 0 Å². The van der Waals surface area contributed by atoms with E-state index in [-0.39, 0.29) is 12.5 Å². The number of hydrogen-bond donors (Lipinski definition) is 2. The van der Waals surface area contributed by atoms with E-state index in [0.29, 0.717) is 32.7 Å². The molecule has 0 spiro atoms. The van der Waals surface area contributed by atoms with Crippen LogP contribution in [0.3, 0.4) is 0 Å². The van der Waals surface area contributed by atoms with Crippen LogP contribution in [0.15, 0.2) is 5.38 Å². The van der Waals surface area contributed by atoms with Crippen LogP contribution < -0.4 is 5.32 Å². The van der Waals surface area contributed by atoms with Gasteiger partial charge in [0, 0.05) is 31.4 Å². The molecule has 1 saturated heterocycles. The topological polar surface area (TPSA) is 91.8 Å². The first-order valence-electron chi connectivity index (χ1n) is 6.82. The summed E-state index contributed by atoms with van der Waals surface area (Å²) in [5, 5.41) is 14.6. The fourth-order valence-corrected chi connectivity index (χ4v) is 2.80. The van der Waals surface area contributed by atoms with Crippen molar-refractivity contribution in [2.24, 2.45) is 0 Å². The van der Waals surface area contributed by atoms with Crippen LogP contribution in [0.2, 0.25) is 0 Å². The van der Waals surface area contributed by atoms with Crippen molar-refractivity contribution in [2.45, 2.75) is 25.9 Å². The largest absolute Gasteiger partial charge is 0.481 e. The minimum atomic E-state index is -0.916. The van der Waals surface area contributed by atoms with Crippen molar-refractivity contribution in [3.05, 3.63) is 16.1 Å². The van der Waals surface area contributed by atoms with Crippen LogP contribution in [0.5, 0.6) is 0 Å². The molecule has 1 aliphatic heterocycles. The highest BCUT2D eigenvalue weighted by Crippen LogP contribution is 2.10. The number of aromatic nitrogens is 1. The van der Waals surface area contributed by atoms with Crippen LogP contribution in [-0.4, -0.2) is 59.3 Å². The molecule has 0 radical (unpaired) electrons. The first-order valence-corrected chi connectivity index (χ1v) is 7.69. The van der Waals surface area contributed by atoms with E-state index in [0.717, 1.165) is 10.7 Å². The van der Waals surface area contributed by atoms with Crippen molar-refractivity contribution >= 4 is 23.3 Å². The van der Waals surface area contributed by atoms with Gasteiger partial charge in [-0.05, 0) is 6.92 Å². The number of aliphatic carboxylic acids is 1. The van der Waals surface area contributed by atoms with E-state index in [1.807, 2.05) is 12.3 Å². The average Bonchev–Trinajstić information content (AvgIpc) is 2.84. The number of morpholine rings is 1. The van der Waals surface area contributed by atoms with E-state index >= 15 is 0 Å². The summed E-state index contributed by atoms with van der Waals surface area (Å²) in [7, 11) is 0. The Morgan fingerprint density at radius 1 is 1.62 bits per heavy atom. The highest BCUT2D eigenvalue weighted by Gasteiger charge is 2.25. The molecule has 1 unspecified atom stereocenters. The van der Waals surface area contributed by atoms with Gasteiger partial charge in [0.1, 0.15) is 0 Å². The summed E-state index contributed by atoms with van der Waals surface area (Å²) in [6.07, 6.45) is 0.184. The lowest BCUT2D eigenvalue weighted by molar-refractivity contribution is -0.141. The Labute approximate surface area is 126 Å². The number of nitrogens with zero attached hydrogens (tertiary/aromatic N) is 2. The third kappa shape index (κ3) is 4.98. The van der Waals surface area contributed by atoms with Crippen molar-refractivity contribution in [3.8, 4) is 0 Å². The Morgan fingerprint density at radius 2 is 2.43 bits per heavy atom. The van der Waals surface area contributed by atoms with Gasteiger partial charge in [-0.2, -0.15) is 0 Å². The number of hydrogen-bond acceptors (Lipinski definition) is 5. The van der Waals surface area contributed by atoms with Crippen molar-refractivity contribution in [2.75, 3.05) is 26.2 Å². The molecule has 1 aliphatic rings. The predicted molar refractivity (Wildman–Crippen MR) is 77.5 cm³/mol. The van der Waals surface area contributed by atoms with Gasteiger partial charge in [0.2, 0.25) is 0 Å². The SMILES string of the molecule is Cc1nc(CCNC(=O)N2CCOC(CC(=O)O)C2)cs1. The fraction of sp³-hybridized carbons (Fsp3) is 0.615. The number of rotatable bonds is 5. The number of nitrogens with one attached hydrogen (secondary N) is 1. The first kappa shape index (κ1) is 15.7. The molecule has 1 aromatic rings. The van der Waals surface area contributed by atoms with Crippen LogP contribution in [-0.2, 0) is 16.0 Å². The van der Waals surface area contributed by atoms with Gasteiger partial charge in [0.15, 0.2) is 0 Å². The molecule has 21 heavy (non-hydrogen) atoms. The molecule has 2 heterocycles. The number of carboxylic acids is 1. The summed E-state index contributed by atoms with van der Waals surface area (Å²) in [5.41, 5.74) is 0.975. The second-order valence-electron chi connectivity index (χ2n) is 4.88. The Bertz CT molecular complexity index is 505. The van der Waals surface area contributed by atoms with Crippen LogP contribution >= 0.6 is 11.3 Å². The Morgan fingerprint density at radius 3 is 3.10 bits per heavy atom. The molecule has 116 valence electrons. The number of carboxylic acid groups (broad SMARTS) is 1. The summed E-state index contributed by atoms with van der Waals surface area (Å²) in [6.45, 7) is 3.63. The molecule has 0 aliphatic carbocycles. The molecular formula is C13H19N3O4S. The van der Waals surface area contributed by atoms with E-state index in [4.69, 9.17) is 9.84 Å². The molecule has 2 amide bonds. The van der Waals surface area contributed by atoms with Gasteiger partial charge in [-0.3, -0.25) is 4.79 Å². The average molecular weight is 313 g/mol. The maximum absolute atomic E-state index is 12.0. The molecule has 7 nitrogen and oxygen atoms in total. The number of aryl methyl sites for hydroxylation is 1. The van der Waals surface area contributed by atoms with Gasteiger partial charge in [0.25, 0.3) is 0 Å². The van der Waals surface area contributed by atoms with Gasteiger partial charge < -0.3 is 20.1 Å². The quantitative estimate of drug-likeness (QED) is 0.842. The van der Waals surface area contributed by atoms with Crippen molar-refractivity contribution in [3.63, 3.8) is 0 Å². The smallest absolute Gasteiger partial charge is 0.317 e. The van der Waals surface area contributed by atoms with Gasteiger partial charge in [0.05, 0.1) is 29.8 Å². The molecular weight excluding hydrogens is 294 g/mol. The van der Waals surface area contributed by atoms with Crippen molar-refractivity contribution < 1.29 is 19.4 Å². The van der Waals surface area contributed by atoms with E-state index in [1.54, 1.807) is 16.2 Å². The fourth-order valence-electron chi connectivity index (χ4n) is 2.15. The minimum Gasteiger partial charge on any atom is -0.481 e. The van der Waals surface area contributed by atoms with Crippen LogP contribution in [0.4, 0.5) is 4.79 Å². The van der Waals surface area contributed by atoms with Gasteiger partial charge in [-0.1, -0.05) is 0 Å². The van der Waals surface area contributed by atoms with Gasteiger partial charge in [-0.25, -0.2) is 9.78 Å². The number of carbonyl (C=O) groups is 2. The summed E-state index contributed by atoms with van der Waals surface area (Å²) >= 11 is 1.59. The molecule has 8 heteroatoms. The highest BCUT2D eigenvalue weighted by atomic mass is 32.1. The molecule has 1 aromatic heterocycles. The molecule has 0 saturated carbocycles. The second-order valence-corrected chi connectivity index (χ2v) is 5.94. The number of urea groups is 1. The molecule has 1 fully saturated rings. The zero-order valence-electron chi connectivity index (χ0n) is 11.9. The second kappa shape index (κ2) is 7.37. The van der Waals surface area contributed by atoms with Crippen LogP contribution in [0.1, 0.15) is 17.1 Å². The number of thiazole rings is 1. The third-order valence-electron chi connectivity index (χ3n) is 3.15. The summed E-state index contributed by atoms with van der Waals surface area (Å²) in [6, 6.07) is -0.180. The number of amides is 2. The first-order chi connectivity index (χ1) is 10.0. The minimum absolute atomic E-state index is 0.0815. The van der Waals surface area contributed by atoms with Crippen molar-refractivity contribution in [1.29, 1.82) is 0 Å².